The van der Waals surface area contributed by atoms with Crippen molar-refractivity contribution in [1.82, 2.24) is 20.3 Å². The number of aromatic nitrogens is 3. The molecule has 0 aromatic carbocycles. The minimum atomic E-state index is 0.0191. The number of nitrogens with zero attached hydrogens (tertiary/aromatic N) is 4. The first-order chi connectivity index (χ1) is 13.3. The summed E-state index contributed by atoms with van der Waals surface area (Å²) in [6, 6.07) is 5.86. The molecule has 6 nitrogen and oxygen atoms in total. The summed E-state index contributed by atoms with van der Waals surface area (Å²) >= 11 is 0. The van der Waals surface area contributed by atoms with Crippen LogP contribution in [0.1, 0.15) is 42.6 Å². The lowest BCUT2D eigenvalue weighted by atomic mass is 9.86. The maximum absolute atomic E-state index is 12.5. The van der Waals surface area contributed by atoms with Gasteiger partial charge in [0.05, 0.1) is 0 Å². The van der Waals surface area contributed by atoms with Crippen molar-refractivity contribution >= 4 is 11.9 Å². The molecule has 1 fully saturated rings. The molecule has 1 aliphatic carbocycles. The van der Waals surface area contributed by atoms with Crippen molar-refractivity contribution in [2.24, 2.45) is 5.92 Å². The zero-order valence-corrected chi connectivity index (χ0v) is 15.7. The molecule has 4 rings (SSSR count). The first-order valence-electron chi connectivity index (χ1n) is 10.1. The lowest BCUT2D eigenvalue weighted by molar-refractivity contribution is -0.125. The highest BCUT2D eigenvalue weighted by Gasteiger charge is 2.26. The van der Waals surface area contributed by atoms with E-state index in [1.54, 1.807) is 6.20 Å². The normalized spacial score (nSPS) is 19.4. The first-order valence-corrected chi connectivity index (χ1v) is 10.1. The number of carbonyl (C=O) groups is 1. The van der Waals surface area contributed by atoms with Gasteiger partial charge in [0.15, 0.2) is 0 Å². The minimum absolute atomic E-state index is 0.0191. The van der Waals surface area contributed by atoms with Crippen molar-refractivity contribution in [3.05, 3.63) is 47.5 Å². The Kier molecular flexibility index (Phi) is 5.61. The van der Waals surface area contributed by atoms with Gasteiger partial charge in [0.25, 0.3) is 0 Å². The second-order valence-electron chi connectivity index (χ2n) is 7.49. The molecule has 0 unspecified atom stereocenters. The molecule has 1 aliphatic heterocycles. The molecule has 1 N–H and O–H groups in total. The van der Waals surface area contributed by atoms with E-state index in [4.69, 9.17) is 4.98 Å². The van der Waals surface area contributed by atoms with Gasteiger partial charge in [-0.1, -0.05) is 6.07 Å². The Morgan fingerprint density at radius 3 is 2.89 bits per heavy atom. The molecule has 0 saturated carbocycles. The van der Waals surface area contributed by atoms with E-state index >= 15 is 0 Å². The number of hydrogen-bond donors (Lipinski definition) is 1. The fourth-order valence-corrected chi connectivity index (χ4v) is 3.97. The molecule has 6 heteroatoms. The third-order valence-electron chi connectivity index (χ3n) is 5.55. The van der Waals surface area contributed by atoms with Crippen LogP contribution < -0.4 is 10.2 Å². The molecule has 2 aromatic heterocycles. The summed E-state index contributed by atoms with van der Waals surface area (Å²) in [6.07, 6.45) is 10.7. The van der Waals surface area contributed by atoms with E-state index in [2.05, 4.69) is 20.2 Å². The molecule has 1 amide bonds. The van der Waals surface area contributed by atoms with Gasteiger partial charge in [-0.25, -0.2) is 9.97 Å². The van der Waals surface area contributed by atoms with Crippen LogP contribution in [0.4, 0.5) is 5.95 Å². The van der Waals surface area contributed by atoms with E-state index in [1.165, 1.54) is 19.3 Å². The largest absolute Gasteiger partial charge is 0.355 e. The fourth-order valence-electron chi connectivity index (χ4n) is 3.97. The zero-order chi connectivity index (χ0) is 18.5. The number of nitrogens with one attached hydrogen (secondary N) is 1. The van der Waals surface area contributed by atoms with Crippen LogP contribution >= 0.6 is 0 Å². The van der Waals surface area contributed by atoms with Crippen molar-refractivity contribution in [1.29, 1.82) is 0 Å². The van der Waals surface area contributed by atoms with Gasteiger partial charge >= 0.3 is 0 Å². The minimum Gasteiger partial charge on any atom is -0.355 e. The molecule has 1 saturated heterocycles. The van der Waals surface area contributed by atoms with Gasteiger partial charge in [0, 0.05) is 55.8 Å². The van der Waals surface area contributed by atoms with Crippen LogP contribution in [0.3, 0.4) is 0 Å². The topological polar surface area (TPSA) is 71.0 Å². The Hall–Kier alpha value is -2.50. The predicted octanol–water partition coefficient (Wildman–Crippen LogP) is 2.33. The van der Waals surface area contributed by atoms with Gasteiger partial charge in [-0.05, 0) is 56.2 Å². The number of rotatable bonds is 5. The maximum atomic E-state index is 12.5. The van der Waals surface area contributed by atoms with Crippen LogP contribution in [0.15, 0.2) is 30.6 Å². The second-order valence-corrected chi connectivity index (χ2v) is 7.49. The lowest BCUT2D eigenvalue weighted by Gasteiger charge is -2.28. The van der Waals surface area contributed by atoms with Crippen molar-refractivity contribution in [3.8, 4) is 0 Å². The number of anilines is 1. The average Bonchev–Trinajstić information content (AvgIpc) is 2.74. The quantitative estimate of drug-likeness (QED) is 0.880. The fraction of sp³-hybridized carbons (Fsp3) is 0.524. The van der Waals surface area contributed by atoms with Gasteiger partial charge in [-0.2, -0.15) is 0 Å². The van der Waals surface area contributed by atoms with Crippen LogP contribution in [-0.2, 0) is 24.1 Å². The molecule has 142 valence electrons. The molecule has 27 heavy (non-hydrogen) atoms. The van der Waals surface area contributed by atoms with Gasteiger partial charge in [0.2, 0.25) is 11.9 Å². The van der Waals surface area contributed by atoms with Gasteiger partial charge in [0.1, 0.15) is 0 Å². The van der Waals surface area contributed by atoms with Gasteiger partial charge < -0.3 is 10.2 Å². The highest BCUT2D eigenvalue weighted by molar-refractivity contribution is 5.79. The van der Waals surface area contributed by atoms with Crippen LogP contribution in [0.25, 0.3) is 0 Å². The number of aryl methyl sites for hydroxylation is 1. The molecular weight excluding hydrogens is 338 g/mol. The highest BCUT2D eigenvalue weighted by atomic mass is 16.1. The summed E-state index contributed by atoms with van der Waals surface area (Å²) in [7, 11) is 0. The smallest absolute Gasteiger partial charge is 0.225 e. The first kappa shape index (κ1) is 17.9. The number of carbonyl (C=O) groups excluding carboxylic acids is 1. The number of fused-ring (bicyclic) bond motifs is 1. The molecular formula is C21H27N5O. The van der Waals surface area contributed by atoms with E-state index in [0.29, 0.717) is 6.54 Å². The average molecular weight is 365 g/mol. The summed E-state index contributed by atoms with van der Waals surface area (Å²) in [5, 5.41) is 3.07. The van der Waals surface area contributed by atoms with Crippen LogP contribution in [-0.4, -0.2) is 40.5 Å². The number of amides is 1. The summed E-state index contributed by atoms with van der Waals surface area (Å²) < 4.78 is 0. The summed E-state index contributed by atoms with van der Waals surface area (Å²) in [4.78, 5) is 28.5. The summed E-state index contributed by atoms with van der Waals surface area (Å²) in [5.74, 6) is 1.02. The second kappa shape index (κ2) is 8.46. The Morgan fingerprint density at radius 1 is 1.19 bits per heavy atom. The standard InChI is InChI=1S/C21H27N5O/c27-20(23-11-9-18-6-2-3-10-22-18)16-7-8-19-17(14-16)15-24-21(25-19)26-12-4-1-5-13-26/h2-3,6,10,15-16H,1,4-5,7-9,11-14H2,(H,23,27)/t16-/m1/s1. The lowest BCUT2D eigenvalue weighted by Crippen LogP contribution is -2.36. The molecule has 0 bridgehead atoms. The Morgan fingerprint density at radius 2 is 2.07 bits per heavy atom. The molecule has 0 spiro atoms. The molecule has 2 aliphatic rings. The maximum Gasteiger partial charge on any atom is 0.225 e. The van der Waals surface area contributed by atoms with Crippen LogP contribution in [0.5, 0.6) is 0 Å². The third kappa shape index (κ3) is 4.43. The number of piperidine rings is 1. The SMILES string of the molecule is O=C(NCCc1ccccn1)[C@@H]1CCc2nc(N3CCCCC3)ncc2C1. The predicted molar refractivity (Wildman–Crippen MR) is 105 cm³/mol. The van der Waals surface area contributed by atoms with Gasteiger partial charge in [-0.15, -0.1) is 0 Å². The Bertz CT molecular complexity index is 773. The van der Waals surface area contributed by atoms with E-state index in [0.717, 1.165) is 61.7 Å². The van der Waals surface area contributed by atoms with E-state index < -0.39 is 0 Å². The van der Waals surface area contributed by atoms with Crippen molar-refractivity contribution < 1.29 is 4.79 Å². The number of pyridine rings is 1. The summed E-state index contributed by atoms with van der Waals surface area (Å²) in [6.45, 7) is 2.74. The van der Waals surface area contributed by atoms with Crippen LogP contribution in [0, 0.1) is 5.92 Å². The Labute approximate surface area is 160 Å². The van der Waals surface area contributed by atoms with Crippen molar-refractivity contribution in [3.63, 3.8) is 0 Å². The van der Waals surface area contributed by atoms with E-state index in [1.807, 2.05) is 24.4 Å². The number of hydrogen-bond acceptors (Lipinski definition) is 5. The van der Waals surface area contributed by atoms with Crippen LogP contribution in [0.2, 0.25) is 0 Å². The molecule has 3 heterocycles. The monoisotopic (exact) mass is 365 g/mol. The molecule has 0 radical (unpaired) electrons. The van der Waals surface area contributed by atoms with Crippen molar-refractivity contribution in [2.75, 3.05) is 24.5 Å². The third-order valence-corrected chi connectivity index (χ3v) is 5.55. The van der Waals surface area contributed by atoms with Gasteiger partial charge in [-0.3, -0.25) is 9.78 Å². The summed E-state index contributed by atoms with van der Waals surface area (Å²) in [5.41, 5.74) is 3.26. The van der Waals surface area contributed by atoms with E-state index in [9.17, 15) is 4.79 Å². The zero-order valence-electron chi connectivity index (χ0n) is 15.7. The van der Waals surface area contributed by atoms with Crippen molar-refractivity contribution in [2.45, 2.75) is 44.9 Å². The molecule has 1 atom stereocenters. The molecule has 2 aromatic rings. The highest BCUT2D eigenvalue weighted by Crippen LogP contribution is 2.26. The van der Waals surface area contributed by atoms with E-state index in [-0.39, 0.29) is 11.8 Å². The Balaban J connectivity index is 1.31.